The average Bonchev–Trinajstić information content (AvgIpc) is 2.69. The summed E-state index contributed by atoms with van der Waals surface area (Å²) in [5.74, 6) is 1.38. The van der Waals surface area contributed by atoms with E-state index < -0.39 is 0 Å². The topological polar surface area (TPSA) is 58.1 Å². The number of nitrogens with zero attached hydrogens (tertiary/aromatic N) is 3. The van der Waals surface area contributed by atoms with E-state index in [1.807, 2.05) is 4.90 Å². The van der Waals surface area contributed by atoms with Gasteiger partial charge in [-0.25, -0.2) is 9.97 Å². The molecule has 1 aliphatic rings. The number of rotatable bonds is 6. The molecule has 1 fully saturated rings. The zero-order valence-electron chi connectivity index (χ0n) is 15.7. The highest BCUT2D eigenvalue weighted by molar-refractivity contribution is 5.93. The van der Waals surface area contributed by atoms with Gasteiger partial charge in [-0.3, -0.25) is 4.79 Å². The van der Waals surface area contributed by atoms with Crippen LogP contribution in [0.2, 0.25) is 0 Å². The van der Waals surface area contributed by atoms with Crippen molar-refractivity contribution in [3.63, 3.8) is 0 Å². The molecule has 5 nitrogen and oxygen atoms in total. The summed E-state index contributed by atoms with van der Waals surface area (Å²) in [6, 6.07) is 12.7. The first-order valence-corrected chi connectivity index (χ1v) is 9.57. The highest BCUT2D eigenvalue weighted by Crippen LogP contribution is 2.23. The van der Waals surface area contributed by atoms with E-state index in [4.69, 9.17) is 0 Å². The number of hydrogen-bond donors (Lipinski definition) is 1. The van der Waals surface area contributed by atoms with Crippen molar-refractivity contribution in [2.45, 2.75) is 45.6 Å². The Balaban J connectivity index is 1.56. The number of benzene rings is 1. The van der Waals surface area contributed by atoms with Gasteiger partial charge in [0.05, 0.1) is 0 Å². The van der Waals surface area contributed by atoms with Crippen molar-refractivity contribution in [1.82, 2.24) is 14.9 Å². The highest BCUT2D eigenvalue weighted by Gasteiger charge is 2.24. The fourth-order valence-corrected chi connectivity index (χ4v) is 3.36. The quantitative estimate of drug-likeness (QED) is 0.859. The molecule has 1 amide bonds. The first-order chi connectivity index (χ1) is 12.7. The van der Waals surface area contributed by atoms with Gasteiger partial charge < -0.3 is 10.2 Å². The van der Waals surface area contributed by atoms with Crippen molar-refractivity contribution in [2.75, 3.05) is 18.4 Å². The number of carbonyl (C=O) groups excluding carboxylic acids is 1. The number of likely N-dealkylation sites (tertiary alicyclic amines) is 1. The molecule has 1 saturated heterocycles. The lowest BCUT2D eigenvalue weighted by atomic mass is 9.90. The Kier molecular flexibility index (Phi) is 6.21. The number of amides is 1. The van der Waals surface area contributed by atoms with Crippen molar-refractivity contribution in [3.8, 4) is 0 Å². The largest absolute Gasteiger partial charge is 0.368 e. The minimum absolute atomic E-state index is 0.0118. The van der Waals surface area contributed by atoms with Gasteiger partial charge in [-0.05, 0) is 44.1 Å². The molecule has 1 atom stereocenters. The molecule has 1 aromatic carbocycles. The number of aromatic nitrogens is 2. The van der Waals surface area contributed by atoms with E-state index in [-0.39, 0.29) is 5.91 Å². The van der Waals surface area contributed by atoms with Gasteiger partial charge in [0.25, 0.3) is 5.91 Å². The van der Waals surface area contributed by atoms with Gasteiger partial charge in [0.2, 0.25) is 0 Å². The summed E-state index contributed by atoms with van der Waals surface area (Å²) in [7, 11) is 0. The summed E-state index contributed by atoms with van der Waals surface area (Å²) in [6.45, 7) is 5.81. The van der Waals surface area contributed by atoms with Crippen LogP contribution < -0.4 is 5.32 Å². The molecule has 0 radical (unpaired) electrons. The third-order valence-electron chi connectivity index (χ3n) is 5.16. The van der Waals surface area contributed by atoms with Gasteiger partial charge in [0, 0.05) is 25.2 Å². The predicted molar refractivity (Wildman–Crippen MR) is 104 cm³/mol. The van der Waals surface area contributed by atoms with Gasteiger partial charge in [0.1, 0.15) is 17.8 Å². The second-order valence-corrected chi connectivity index (χ2v) is 7.17. The SMILES string of the molecule is CCC(C)Nc1cc(C(=O)N2CCC(Cc3ccccc3)CC2)ncn1. The van der Waals surface area contributed by atoms with E-state index in [1.54, 1.807) is 6.07 Å². The molecule has 3 rings (SSSR count). The molecular formula is C21H28N4O. The summed E-state index contributed by atoms with van der Waals surface area (Å²) in [4.78, 5) is 23.1. The van der Waals surface area contributed by atoms with E-state index >= 15 is 0 Å². The van der Waals surface area contributed by atoms with Gasteiger partial charge in [-0.1, -0.05) is 37.3 Å². The molecule has 1 aliphatic heterocycles. The molecule has 5 heteroatoms. The van der Waals surface area contributed by atoms with Gasteiger partial charge in [-0.15, -0.1) is 0 Å². The third kappa shape index (κ3) is 4.81. The van der Waals surface area contributed by atoms with Crippen molar-refractivity contribution in [3.05, 3.63) is 54.0 Å². The molecule has 2 aromatic rings. The summed E-state index contributed by atoms with van der Waals surface area (Å²) in [5.41, 5.74) is 1.86. The van der Waals surface area contributed by atoms with Gasteiger partial charge in [-0.2, -0.15) is 0 Å². The standard InChI is InChI=1S/C21H28N4O/c1-3-16(2)24-20-14-19(22-15-23-20)21(26)25-11-9-18(10-12-25)13-17-7-5-4-6-8-17/h4-8,14-16,18H,3,9-13H2,1-2H3,(H,22,23,24). The Labute approximate surface area is 155 Å². The van der Waals surface area contributed by atoms with Crippen LogP contribution in [0.4, 0.5) is 5.82 Å². The van der Waals surface area contributed by atoms with Crippen LogP contribution in [0.1, 0.15) is 49.2 Å². The smallest absolute Gasteiger partial charge is 0.272 e. The van der Waals surface area contributed by atoms with E-state index in [2.05, 4.69) is 59.5 Å². The van der Waals surface area contributed by atoms with Crippen LogP contribution in [0, 0.1) is 5.92 Å². The van der Waals surface area contributed by atoms with Crippen molar-refractivity contribution >= 4 is 11.7 Å². The molecule has 138 valence electrons. The van der Waals surface area contributed by atoms with Crippen LogP contribution >= 0.6 is 0 Å². The molecule has 1 unspecified atom stereocenters. The number of anilines is 1. The first kappa shape index (κ1) is 18.4. The molecule has 1 aromatic heterocycles. The second-order valence-electron chi connectivity index (χ2n) is 7.17. The Hall–Kier alpha value is -2.43. The lowest BCUT2D eigenvalue weighted by Gasteiger charge is -2.32. The fraction of sp³-hybridized carbons (Fsp3) is 0.476. The Morgan fingerprint density at radius 1 is 1.23 bits per heavy atom. The zero-order chi connectivity index (χ0) is 18.4. The summed E-state index contributed by atoms with van der Waals surface area (Å²) < 4.78 is 0. The van der Waals surface area contributed by atoms with Gasteiger partial charge >= 0.3 is 0 Å². The maximum Gasteiger partial charge on any atom is 0.272 e. The molecule has 2 heterocycles. The summed E-state index contributed by atoms with van der Waals surface area (Å²) >= 11 is 0. The minimum Gasteiger partial charge on any atom is -0.368 e. The van der Waals surface area contributed by atoms with Crippen LogP contribution in [-0.2, 0) is 6.42 Å². The van der Waals surface area contributed by atoms with E-state index in [1.165, 1.54) is 11.9 Å². The number of carbonyl (C=O) groups is 1. The Bertz CT molecular complexity index is 711. The van der Waals surface area contributed by atoms with Crippen LogP contribution in [0.3, 0.4) is 0 Å². The Morgan fingerprint density at radius 2 is 1.96 bits per heavy atom. The number of hydrogen-bond acceptors (Lipinski definition) is 4. The van der Waals surface area contributed by atoms with Crippen LogP contribution in [-0.4, -0.2) is 39.9 Å². The second kappa shape index (κ2) is 8.79. The molecule has 1 N–H and O–H groups in total. The van der Waals surface area contributed by atoms with Crippen molar-refractivity contribution in [1.29, 1.82) is 0 Å². The molecule has 0 saturated carbocycles. The average molecular weight is 352 g/mol. The maximum absolute atomic E-state index is 12.8. The lowest BCUT2D eigenvalue weighted by Crippen LogP contribution is -2.39. The fourth-order valence-electron chi connectivity index (χ4n) is 3.36. The van der Waals surface area contributed by atoms with Crippen molar-refractivity contribution in [2.24, 2.45) is 5.92 Å². The molecule has 26 heavy (non-hydrogen) atoms. The third-order valence-corrected chi connectivity index (χ3v) is 5.16. The summed E-state index contributed by atoms with van der Waals surface area (Å²) in [6.07, 6.45) is 5.66. The highest BCUT2D eigenvalue weighted by atomic mass is 16.2. The Morgan fingerprint density at radius 3 is 2.65 bits per heavy atom. The molecular weight excluding hydrogens is 324 g/mol. The van der Waals surface area contributed by atoms with Gasteiger partial charge in [0.15, 0.2) is 0 Å². The molecule has 0 spiro atoms. The maximum atomic E-state index is 12.8. The van der Waals surface area contributed by atoms with Crippen LogP contribution in [0.25, 0.3) is 0 Å². The lowest BCUT2D eigenvalue weighted by molar-refractivity contribution is 0.0684. The predicted octanol–water partition coefficient (Wildman–Crippen LogP) is 3.78. The van der Waals surface area contributed by atoms with Crippen LogP contribution in [0.15, 0.2) is 42.7 Å². The first-order valence-electron chi connectivity index (χ1n) is 9.57. The molecule has 0 bridgehead atoms. The van der Waals surface area contributed by atoms with E-state index in [9.17, 15) is 4.79 Å². The van der Waals surface area contributed by atoms with Crippen LogP contribution in [0.5, 0.6) is 0 Å². The number of nitrogens with one attached hydrogen (secondary N) is 1. The number of piperidine rings is 1. The monoisotopic (exact) mass is 352 g/mol. The van der Waals surface area contributed by atoms with E-state index in [0.717, 1.165) is 44.6 Å². The normalized spacial score (nSPS) is 16.3. The van der Waals surface area contributed by atoms with Crippen molar-refractivity contribution < 1.29 is 4.79 Å². The summed E-state index contributed by atoms with van der Waals surface area (Å²) in [5, 5.41) is 3.30. The zero-order valence-corrected chi connectivity index (χ0v) is 15.7. The molecule has 0 aliphatic carbocycles. The minimum atomic E-state index is 0.0118. The van der Waals surface area contributed by atoms with E-state index in [0.29, 0.717) is 17.7 Å².